The van der Waals surface area contributed by atoms with E-state index in [0.29, 0.717) is 6.04 Å². The van der Waals surface area contributed by atoms with Crippen molar-refractivity contribution in [3.63, 3.8) is 0 Å². The highest BCUT2D eigenvalue weighted by molar-refractivity contribution is 5.57. The van der Waals surface area contributed by atoms with E-state index < -0.39 is 0 Å². The zero-order valence-electron chi connectivity index (χ0n) is 10.6. The third-order valence-corrected chi connectivity index (χ3v) is 3.57. The van der Waals surface area contributed by atoms with Crippen LogP contribution in [0.4, 0.5) is 5.69 Å². The van der Waals surface area contributed by atoms with E-state index in [1.54, 1.807) is 0 Å². The van der Waals surface area contributed by atoms with E-state index in [4.69, 9.17) is 0 Å². The Hall–Kier alpha value is -1.80. The Labute approximate surface area is 108 Å². The number of nitrogens with one attached hydrogen (secondary N) is 2. The second kappa shape index (κ2) is 4.83. The first-order chi connectivity index (χ1) is 8.88. The first-order valence-corrected chi connectivity index (χ1v) is 6.45. The number of benzene rings is 2. The average molecular weight is 238 g/mol. The van der Waals surface area contributed by atoms with Gasteiger partial charge in [-0.25, -0.2) is 0 Å². The van der Waals surface area contributed by atoms with Crippen LogP contribution >= 0.6 is 0 Å². The lowest BCUT2D eigenvalue weighted by Crippen LogP contribution is -2.23. The van der Waals surface area contributed by atoms with Crippen LogP contribution in [0.25, 0.3) is 0 Å². The molecule has 92 valence electrons. The van der Waals surface area contributed by atoms with Crippen LogP contribution in [-0.2, 0) is 6.42 Å². The number of hydrogen-bond acceptors (Lipinski definition) is 2. The third kappa shape index (κ3) is 2.00. The van der Waals surface area contributed by atoms with Crippen molar-refractivity contribution in [1.29, 1.82) is 0 Å². The number of rotatable bonds is 2. The van der Waals surface area contributed by atoms with Gasteiger partial charge in [-0.2, -0.15) is 0 Å². The van der Waals surface area contributed by atoms with Crippen molar-refractivity contribution in [3.05, 3.63) is 65.2 Å². The number of anilines is 1. The summed E-state index contributed by atoms with van der Waals surface area (Å²) in [6, 6.07) is 17.7. The molecule has 2 N–H and O–H groups in total. The molecule has 2 aromatic carbocycles. The summed E-state index contributed by atoms with van der Waals surface area (Å²) in [5, 5.41) is 6.93. The highest BCUT2D eigenvalue weighted by Gasteiger charge is 2.19. The summed E-state index contributed by atoms with van der Waals surface area (Å²) in [7, 11) is 2.00. The lowest BCUT2D eigenvalue weighted by atomic mass is 9.97. The smallest absolute Gasteiger partial charge is 0.0641 e. The van der Waals surface area contributed by atoms with Gasteiger partial charge in [0.1, 0.15) is 0 Å². The van der Waals surface area contributed by atoms with Gasteiger partial charge in [0.15, 0.2) is 0 Å². The van der Waals surface area contributed by atoms with Gasteiger partial charge < -0.3 is 10.6 Å². The number of hydrogen-bond donors (Lipinski definition) is 2. The van der Waals surface area contributed by atoms with E-state index in [0.717, 1.165) is 13.0 Å². The molecule has 0 fully saturated rings. The second-order valence-corrected chi connectivity index (χ2v) is 4.79. The van der Waals surface area contributed by atoms with Crippen LogP contribution in [0, 0.1) is 0 Å². The zero-order valence-corrected chi connectivity index (χ0v) is 10.6. The van der Waals surface area contributed by atoms with E-state index in [2.05, 4.69) is 59.2 Å². The zero-order chi connectivity index (χ0) is 12.4. The van der Waals surface area contributed by atoms with Crippen LogP contribution in [0.5, 0.6) is 0 Å². The van der Waals surface area contributed by atoms with Crippen LogP contribution in [-0.4, -0.2) is 13.6 Å². The molecule has 1 atom stereocenters. The monoisotopic (exact) mass is 238 g/mol. The van der Waals surface area contributed by atoms with Crippen LogP contribution in [0.3, 0.4) is 0 Å². The Morgan fingerprint density at radius 2 is 1.78 bits per heavy atom. The standard InChI is InChI=1S/C16H18N2/c1-17-11-16-14-8-4-2-6-12(14)10-13-7-3-5-9-15(13)18-16/h2-9,16-18H,10-11H2,1H3/t16-/m0/s1. The van der Waals surface area contributed by atoms with Crippen LogP contribution < -0.4 is 10.6 Å². The molecule has 0 saturated heterocycles. The summed E-state index contributed by atoms with van der Waals surface area (Å²) in [4.78, 5) is 0. The van der Waals surface area contributed by atoms with Crippen molar-refractivity contribution < 1.29 is 0 Å². The summed E-state index contributed by atoms with van der Waals surface area (Å²) >= 11 is 0. The highest BCUT2D eigenvalue weighted by Crippen LogP contribution is 2.31. The number of fused-ring (bicyclic) bond motifs is 2. The number of para-hydroxylation sites is 1. The molecular weight excluding hydrogens is 220 g/mol. The summed E-state index contributed by atoms with van der Waals surface area (Å²) in [5.74, 6) is 0. The third-order valence-electron chi connectivity index (χ3n) is 3.57. The molecule has 1 aliphatic rings. The minimum atomic E-state index is 0.342. The molecule has 1 aliphatic heterocycles. The van der Waals surface area contributed by atoms with Gasteiger partial charge in [-0.05, 0) is 36.2 Å². The van der Waals surface area contributed by atoms with Crippen molar-refractivity contribution in [2.75, 3.05) is 18.9 Å². The molecule has 0 spiro atoms. The molecule has 0 amide bonds. The van der Waals surface area contributed by atoms with Crippen molar-refractivity contribution in [1.82, 2.24) is 5.32 Å². The topological polar surface area (TPSA) is 24.1 Å². The fourth-order valence-corrected chi connectivity index (χ4v) is 2.69. The summed E-state index contributed by atoms with van der Waals surface area (Å²) in [6.07, 6.45) is 1.01. The lowest BCUT2D eigenvalue weighted by molar-refractivity contribution is 0.688. The fourth-order valence-electron chi connectivity index (χ4n) is 2.69. The van der Waals surface area contributed by atoms with Crippen molar-refractivity contribution in [2.24, 2.45) is 0 Å². The minimum absolute atomic E-state index is 0.342. The largest absolute Gasteiger partial charge is 0.377 e. The van der Waals surface area contributed by atoms with E-state index >= 15 is 0 Å². The molecule has 0 saturated carbocycles. The molecule has 0 aliphatic carbocycles. The van der Waals surface area contributed by atoms with Crippen molar-refractivity contribution in [3.8, 4) is 0 Å². The Morgan fingerprint density at radius 3 is 2.61 bits per heavy atom. The first-order valence-electron chi connectivity index (χ1n) is 6.45. The maximum atomic E-state index is 3.65. The molecule has 0 radical (unpaired) electrons. The van der Waals surface area contributed by atoms with Crippen molar-refractivity contribution >= 4 is 5.69 Å². The molecule has 0 unspecified atom stereocenters. The maximum Gasteiger partial charge on any atom is 0.0641 e. The molecule has 2 heteroatoms. The van der Waals surface area contributed by atoms with Gasteiger partial charge in [-0.15, -0.1) is 0 Å². The van der Waals surface area contributed by atoms with Crippen LogP contribution in [0.2, 0.25) is 0 Å². The molecule has 0 aromatic heterocycles. The van der Waals surface area contributed by atoms with Gasteiger partial charge in [0.2, 0.25) is 0 Å². The van der Waals surface area contributed by atoms with Crippen LogP contribution in [0.1, 0.15) is 22.7 Å². The Kier molecular flexibility index (Phi) is 3.03. The molecule has 2 aromatic rings. The minimum Gasteiger partial charge on any atom is -0.377 e. The lowest BCUT2D eigenvalue weighted by Gasteiger charge is -2.20. The molecule has 2 nitrogen and oxygen atoms in total. The molecule has 0 bridgehead atoms. The fraction of sp³-hybridized carbons (Fsp3) is 0.250. The van der Waals surface area contributed by atoms with E-state index in [9.17, 15) is 0 Å². The molecular formula is C16H18N2. The predicted octanol–water partition coefficient (Wildman–Crippen LogP) is 2.96. The average Bonchev–Trinajstić information content (AvgIpc) is 2.56. The summed E-state index contributed by atoms with van der Waals surface area (Å²) in [5.41, 5.74) is 5.47. The SMILES string of the molecule is CNC[C@@H]1Nc2ccccc2Cc2ccccc21. The molecule has 18 heavy (non-hydrogen) atoms. The Bertz CT molecular complexity index is 548. The van der Waals surface area contributed by atoms with Gasteiger partial charge in [0.25, 0.3) is 0 Å². The Morgan fingerprint density at radius 1 is 1.06 bits per heavy atom. The van der Waals surface area contributed by atoms with Gasteiger partial charge in [0, 0.05) is 12.2 Å². The van der Waals surface area contributed by atoms with E-state index in [1.807, 2.05) is 7.05 Å². The van der Waals surface area contributed by atoms with Gasteiger partial charge in [0.05, 0.1) is 6.04 Å². The van der Waals surface area contributed by atoms with Crippen LogP contribution in [0.15, 0.2) is 48.5 Å². The van der Waals surface area contributed by atoms with Gasteiger partial charge in [-0.1, -0.05) is 42.5 Å². The Balaban J connectivity index is 2.08. The highest BCUT2D eigenvalue weighted by atomic mass is 15.0. The number of likely N-dealkylation sites (N-methyl/N-ethyl adjacent to an activating group) is 1. The normalized spacial score (nSPS) is 17.3. The van der Waals surface area contributed by atoms with Gasteiger partial charge in [-0.3, -0.25) is 0 Å². The maximum absolute atomic E-state index is 3.65. The van der Waals surface area contributed by atoms with Crippen molar-refractivity contribution in [2.45, 2.75) is 12.5 Å². The van der Waals surface area contributed by atoms with E-state index in [-0.39, 0.29) is 0 Å². The predicted molar refractivity (Wildman–Crippen MR) is 76.0 cm³/mol. The summed E-state index contributed by atoms with van der Waals surface area (Å²) < 4.78 is 0. The molecule has 3 rings (SSSR count). The van der Waals surface area contributed by atoms with Gasteiger partial charge >= 0.3 is 0 Å². The van der Waals surface area contributed by atoms with E-state index in [1.165, 1.54) is 22.4 Å². The molecule has 1 heterocycles. The second-order valence-electron chi connectivity index (χ2n) is 4.79. The first kappa shape index (κ1) is 11.3. The quantitative estimate of drug-likeness (QED) is 0.840. The summed E-state index contributed by atoms with van der Waals surface area (Å²) in [6.45, 7) is 0.936.